The first-order chi connectivity index (χ1) is 16.2. The van der Waals surface area contributed by atoms with Crippen LogP contribution in [0.4, 0.5) is 0 Å². The molecule has 1 nitrogen and oxygen atoms in total. The average Bonchev–Trinajstić information content (AvgIpc) is 2.87. The standard InChI is InChI=1S/C32H47N/c1-3-4-5-6-8-11-28-15-19-31(20-16-28)32-23-21-30(22-24-32)26(2)29-17-13-27(14-18-29)12-9-7-10-25-33/h7,10,15-16,19-20,27,29-30,32H,2-6,8-9,11-14,17-18,21-24H2,1H3/b10-7+. The van der Waals surface area contributed by atoms with Gasteiger partial charge in [0.25, 0.3) is 0 Å². The summed E-state index contributed by atoms with van der Waals surface area (Å²) in [6.07, 6.45) is 24.8. The van der Waals surface area contributed by atoms with Gasteiger partial charge in [-0.1, -0.05) is 75.1 Å². The van der Waals surface area contributed by atoms with E-state index in [1.807, 2.05) is 6.08 Å². The molecule has 2 aliphatic carbocycles. The molecule has 0 radical (unpaired) electrons. The number of benzene rings is 1. The van der Waals surface area contributed by atoms with E-state index in [2.05, 4.69) is 43.8 Å². The van der Waals surface area contributed by atoms with Crippen LogP contribution in [0.15, 0.2) is 48.6 Å². The van der Waals surface area contributed by atoms with Crippen molar-refractivity contribution in [3.63, 3.8) is 0 Å². The van der Waals surface area contributed by atoms with Crippen molar-refractivity contribution in [2.45, 2.75) is 116 Å². The van der Waals surface area contributed by atoms with Gasteiger partial charge in [-0.05, 0) is 112 Å². The van der Waals surface area contributed by atoms with Crippen LogP contribution >= 0.6 is 0 Å². The van der Waals surface area contributed by atoms with E-state index in [1.54, 1.807) is 17.2 Å². The average molecular weight is 446 g/mol. The predicted octanol–water partition coefficient (Wildman–Crippen LogP) is 9.70. The molecule has 1 aromatic carbocycles. The molecule has 0 amide bonds. The Balaban J connectivity index is 1.36. The van der Waals surface area contributed by atoms with Gasteiger partial charge >= 0.3 is 0 Å². The van der Waals surface area contributed by atoms with E-state index in [-0.39, 0.29) is 0 Å². The first-order valence-electron chi connectivity index (χ1n) is 14.0. The highest BCUT2D eigenvalue weighted by Gasteiger charge is 2.29. The van der Waals surface area contributed by atoms with Crippen molar-refractivity contribution in [3.05, 3.63) is 59.7 Å². The highest BCUT2D eigenvalue weighted by atomic mass is 14.3. The molecule has 0 spiro atoms. The zero-order valence-electron chi connectivity index (χ0n) is 21.2. The second kappa shape index (κ2) is 14.5. The fourth-order valence-electron chi connectivity index (χ4n) is 6.31. The van der Waals surface area contributed by atoms with E-state index in [9.17, 15) is 0 Å². The van der Waals surface area contributed by atoms with E-state index in [0.29, 0.717) is 0 Å². The first-order valence-corrected chi connectivity index (χ1v) is 14.0. The maximum absolute atomic E-state index is 8.62. The van der Waals surface area contributed by atoms with Gasteiger partial charge in [-0.2, -0.15) is 5.26 Å². The Labute approximate surface area is 204 Å². The Morgan fingerprint density at radius 1 is 0.909 bits per heavy atom. The maximum Gasteiger partial charge on any atom is 0.0908 e. The van der Waals surface area contributed by atoms with Crippen molar-refractivity contribution < 1.29 is 0 Å². The second-order valence-corrected chi connectivity index (χ2v) is 10.9. The van der Waals surface area contributed by atoms with E-state index >= 15 is 0 Å². The number of hydrogen-bond acceptors (Lipinski definition) is 1. The van der Waals surface area contributed by atoms with Crippen molar-refractivity contribution >= 4 is 0 Å². The monoisotopic (exact) mass is 445 g/mol. The third-order valence-corrected chi connectivity index (χ3v) is 8.58. The summed E-state index contributed by atoms with van der Waals surface area (Å²) in [5, 5.41) is 8.62. The molecule has 180 valence electrons. The SMILES string of the molecule is C=C(C1CCC(CC/C=C/C#N)CC1)C1CCC(c2ccc(CCCCCCC)cc2)CC1. The molecule has 3 rings (SSSR count). The lowest BCUT2D eigenvalue weighted by Crippen LogP contribution is -2.22. The smallest absolute Gasteiger partial charge is 0.0908 e. The van der Waals surface area contributed by atoms with Crippen molar-refractivity contribution in [1.82, 2.24) is 0 Å². The minimum absolute atomic E-state index is 0.753. The van der Waals surface area contributed by atoms with Crippen LogP contribution in [-0.2, 0) is 6.42 Å². The maximum atomic E-state index is 8.62. The van der Waals surface area contributed by atoms with Crippen molar-refractivity contribution in [1.29, 1.82) is 5.26 Å². The van der Waals surface area contributed by atoms with Gasteiger partial charge < -0.3 is 0 Å². The summed E-state index contributed by atoms with van der Waals surface area (Å²) in [5.41, 5.74) is 4.67. The molecule has 0 unspecified atom stereocenters. The summed E-state index contributed by atoms with van der Waals surface area (Å²) in [6, 6.07) is 11.7. The minimum Gasteiger partial charge on any atom is -0.193 e. The number of aryl methyl sites for hydroxylation is 1. The highest BCUT2D eigenvalue weighted by Crippen LogP contribution is 2.44. The fraction of sp³-hybridized carbons (Fsp3) is 0.656. The van der Waals surface area contributed by atoms with Crippen LogP contribution in [0.3, 0.4) is 0 Å². The van der Waals surface area contributed by atoms with Crippen molar-refractivity contribution in [3.8, 4) is 6.07 Å². The molecular formula is C32H47N. The molecule has 0 heterocycles. The largest absolute Gasteiger partial charge is 0.193 e. The molecule has 1 aromatic rings. The summed E-state index contributed by atoms with van der Waals surface area (Å²) < 4.78 is 0. The Bertz CT molecular complexity index is 749. The fourth-order valence-corrected chi connectivity index (χ4v) is 6.31. The Kier molecular flexibility index (Phi) is 11.3. The van der Waals surface area contributed by atoms with Crippen LogP contribution in [0.1, 0.15) is 120 Å². The van der Waals surface area contributed by atoms with E-state index < -0.39 is 0 Å². The zero-order valence-corrected chi connectivity index (χ0v) is 21.2. The molecule has 0 saturated heterocycles. The van der Waals surface area contributed by atoms with Gasteiger partial charge in [0.2, 0.25) is 0 Å². The van der Waals surface area contributed by atoms with Gasteiger partial charge in [0.15, 0.2) is 0 Å². The summed E-state index contributed by atoms with van der Waals surface area (Å²) >= 11 is 0. The number of rotatable bonds is 12. The topological polar surface area (TPSA) is 23.8 Å². The second-order valence-electron chi connectivity index (χ2n) is 10.9. The normalized spacial score (nSPS) is 25.7. The molecular weight excluding hydrogens is 398 g/mol. The number of allylic oxidation sites excluding steroid dienone is 3. The summed E-state index contributed by atoms with van der Waals surface area (Å²) in [7, 11) is 0. The van der Waals surface area contributed by atoms with E-state index in [4.69, 9.17) is 5.26 Å². The Morgan fingerprint density at radius 3 is 2.18 bits per heavy atom. The number of unbranched alkanes of at least 4 members (excludes halogenated alkanes) is 4. The number of hydrogen-bond donors (Lipinski definition) is 0. The van der Waals surface area contributed by atoms with Crippen LogP contribution in [0.5, 0.6) is 0 Å². The summed E-state index contributed by atoms with van der Waals surface area (Å²) in [4.78, 5) is 0. The number of nitrogens with zero attached hydrogens (tertiary/aromatic N) is 1. The summed E-state index contributed by atoms with van der Waals surface area (Å²) in [6.45, 7) is 6.91. The molecule has 0 aliphatic heterocycles. The van der Waals surface area contributed by atoms with Crippen LogP contribution in [0.25, 0.3) is 0 Å². The molecule has 1 heteroatoms. The van der Waals surface area contributed by atoms with Crippen LogP contribution in [0.2, 0.25) is 0 Å². The van der Waals surface area contributed by atoms with Crippen molar-refractivity contribution in [2.75, 3.05) is 0 Å². The van der Waals surface area contributed by atoms with Crippen LogP contribution in [-0.4, -0.2) is 0 Å². The Hall–Kier alpha value is -1.81. The first kappa shape index (κ1) is 25.8. The molecule has 33 heavy (non-hydrogen) atoms. The summed E-state index contributed by atoms with van der Waals surface area (Å²) in [5.74, 6) is 3.12. The molecule has 2 aliphatic rings. The third-order valence-electron chi connectivity index (χ3n) is 8.58. The van der Waals surface area contributed by atoms with Crippen molar-refractivity contribution in [2.24, 2.45) is 17.8 Å². The third kappa shape index (κ3) is 8.48. The number of nitriles is 1. The van der Waals surface area contributed by atoms with Gasteiger partial charge in [0, 0.05) is 6.08 Å². The van der Waals surface area contributed by atoms with Gasteiger partial charge in [0.05, 0.1) is 6.07 Å². The lowest BCUT2D eigenvalue weighted by atomic mass is 9.69. The molecule has 0 bridgehead atoms. The molecule has 0 N–H and O–H groups in total. The molecule has 2 fully saturated rings. The van der Waals surface area contributed by atoms with Crippen LogP contribution < -0.4 is 0 Å². The van der Waals surface area contributed by atoms with Crippen LogP contribution in [0, 0.1) is 29.1 Å². The van der Waals surface area contributed by atoms with Gasteiger partial charge in [0.1, 0.15) is 0 Å². The lowest BCUT2D eigenvalue weighted by molar-refractivity contribution is 0.260. The molecule has 0 atom stereocenters. The van der Waals surface area contributed by atoms with E-state index in [0.717, 1.165) is 30.1 Å². The lowest BCUT2D eigenvalue weighted by Gasteiger charge is -2.36. The van der Waals surface area contributed by atoms with Gasteiger partial charge in [-0.25, -0.2) is 0 Å². The molecule has 2 saturated carbocycles. The van der Waals surface area contributed by atoms with Gasteiger partial charge in [-0.15, -0.1) is 0 Å². The quantitative estimate of drug-likeness (QED) is 0.178. The Morgan fingerprint density at radius 2 is 1.55 bits per heavy atom. The minimum atomic E-state index is 0.753. The van der Waals surface area contributed by atoms with Gasteiger partial charge in [-0.3, -0.25) is 0 Å². The predicted molar refractivity (Wildman–Crippen MR) is 142 cm³/mol. The van der Waals surface area contributed by atoms with E-state index in [1.165, 1.54) is 102 Å². The highest BCUT2D eigenvalue weighted by molar-refractivity contribution is 5.26. The zero-order chi connectivity index (χ0) is 23.3. The molecule has 0 aromatic heterocycles.